The van der Waals surface area contributed by atoms with Crippen LogP contribution in [0.4, 0.5) is 10.1 Å². The molecule has 1 atom stereocenters. The van der Waals surface area contributed by atoms with Gasteiger partial charge in [0, 0.05) is 47.0 Å². The van der Waals surface area contributed by atoms with Gasteiger partial charge in [0.1, 0.15) is 5.82 Å². The zero-order valence-electron chi connectivity index (χ0n) is 22.7. The SMILES string of the molecule is CC(NC(=O)c1cc(F)cc(NS(=O)(=O)CC2CN(C(c3ccc(Cl)cc3)c3ccc(Cl)cc3)C2)c1)c1ccncc1. The van der Waals surface area contributed by atoms with Crippen LogP contribution in [0.25, 0.3) is 0 Å². The Hall–Kier alpha value is -3.50. The summed E-state index contributed by atoms with van der Waals surface area (Å²) in [6.45, 7) is 2.88. The molecule has 1 fully saturated rings. The fourth-order valence-electron chi connectivity index (χ4n) is 5.16. The molecule has 0 aliphatic carbocycles. The van der Waals surface area contributed by atoms with Crippen molar-refractivity contribution in [2.24, 2.45) is 5.92 Å². The van der Waals surface area contributed by atoms with Gasteiger partial charge in [-0.3, -0.25) is 19.4 Å². The number of likely N-dealkylation sites (tertiary alicyclic amines) is 1. The molecule has 1 unspecified atom stereocenters. The first kappa shape index (κ1) is 30.0. The average Bonchev–Trinajstić information content (AvgIpc) is 2.93. The van der Waals surface area contributed by atoms with Crippen LogP contribution < -0.4 is 10.0 Å². The number of aromatic nitrogens is 1. The molecule has 7 nitrogen and oxygen atoms in total. The summed E-state index contributed by atoms with van der Waals surface area (Å²) in [4.78, 5) is 19.0. The summed E-state index contributed by atoms with van der Waals surface area (Å²) in [5, 5.41) is 4.06. The summed E-state index contributed by atoms with van der Waals surface area (Å²) in [6.07, 6.45) is 3.23. The first-order valence-electron chi connectivity index (χ1n) is 13.3. The molecule has 0 bridgehead atoms. The highest BCUT2D eigenvalue weighted by Gasteiger charge is 2.36. The molecule has 2 N–H and O–H groups in total. The van der Waals surface area contributed by atoms with Crippen molar-refractivity contribution in [2.75, 3.05) is 23.6 Å². The van der Waals surface area contributed by atoms with Gasteiger partial charge in [0.05, 0.1) is 23.5 Å². The first-order chi connectivity index (χ1) is 20.1. The maximum atomic E-state index is 14.4. The Morgan fingerprint density at radius 1 is 0.929 bits per heavy atom. The summed E-state index contributed by atoms with van der Waals surface area (Å²) in [5.41, 5.74) is 2.90. The lowest BCUT2D eigenvalue weighted by Gasteiger charge is -2.44. The summed E-state index contributed by atoms with van der Waals surface area (Å²) < 4.78 is 43.0. The molecule has 1 saturated heterocycles. The van der Waals surface area contributed by atoms with Gasteiger partial charge >= 0.3 is 0 Å². The molecule has 0 saturated carbocycles. The molecule has 11 heteroatoms. The highest BCUT2D eigenvalue weighted by Crippen LogP contribution is 2.36. The van der Waals surface area contributed by atoms with Crippen LogP contribution in [0.2, 0.25) is 10.0 Å². The van der Waals surface area contributed by atoms with Gasteiger partial charge in [-0.25, -0.2) is 12.8 Å². The van der Waals surface area contributed by atoms with E-state index in [9.17, 15) is 17.6 Å². The number of sulfonamides is 1. The highest BCUT2D eigenvalue weighted by molar-refractivity contribution is 7.92. The Balaban J connectivity index is 1.23. The monoisotopic (exact) mass is 626 g/mol. The lowest BCUT2D eigenvalue weighted by atomic mass is 9.91. The number of halogens is 3. The van der Waals surface area contributed by atoms with E-state index in [4.69, 9.17) is 23.2 Å². The predicted molar refractivity (Wildman–Crippen MR) is 164 cm³/mol. The zero-order chi connectivity index (χ0) is 29.9. The second-order valence-electron chi connectivity index (χ2n) is 10.4. The third kappa shape index (κ3) is 7.46. The van der Waals surface area contributed by atoms with E-state index in [1.807, 2.05) is 48.5 Å². The van der Waals surface area contributed by atoms with Crippen molar-refractivity contribution in [3.05, 3.63) is 129 Å². The highest BCUT2D eigenvalue weighted by atomic mass is 35.5. The number of nitrogens with one attached hydrogen (secondary N) is 2. The summed E-state index contributed by atoms with van der Waals surface area (Å²) in [7, 11) is -3.83. The third-order valence-corrected chi connectivity index (χ3v) is 9.13. The van der Waals surface area contributed by atoms with E-state index in [1.165, 1.54) is 6.07 Å². The van der Waals surface area contributed by atoms with E-state index in [1.54, 1.807) is 31.5 Å². The summed E-state index contributed by atoms with van der Waals surface area (Å²) >= 11 is 12.2. The molecule has 3 aromatic carbocycles. The quantitative estimate of drug-likeness (QED) is 0.210. The molecule has 1 aliphatic rings. The number of nitrogens with zero attached hydrogens (tertiary/aromatic N) is 2. The van der Waals surface area contributed by atoms with E-state index in [2.05, 4.69) is 19.9 Å². The number of carbonyl (C=O) groups is 1. The summed E-state index contributed by atoms with van der Waals surface area (Å²) in [5.74, 6) is -1.53. The Morgan fingerprint density at radius 2 is 1.50 bits per heavy atom. The molecular formula is C31H29Cl2FN4O3S. The number of carbonyl (C=O) groups excluding carboxylic acids is 1. The Morgan fingerprint density at radius 3 is 2.07 bits per heavy atom. The minimum Gasteiger partial charge on any atom is -0.346 e. The van der Waals surface area contributed by atoms with Gasteiger partial charge in [0.25, 0.3) is 5.91 Å². The van der Waals surface area contributed by atoms with E-state index in [0.29, 0.717) is 23.1 Å². The fraction of sp³-hybridized carbons (Fsp3) is 0.226. The third-order valence-electron chi connectivity index (χ3n) is 7.16. The van der Waals surface area contributed by atoms with Crippen molar-refractivity contribution in [2.45, 2.75) is 19.0 Å². The van der Waals surface area contributed by atoms with Crippen molar-refractivity contribution in [1.29, 1.82) is 0 Å². The van der Waals surface area contributed by atoms with E-state index in [-0.39, 0.29) is 35.0 Å². The molecule has 1 amide bonds. The van der Waals surface area contributed by atoms with Crippen molar-refractivity contribution < 1.29 is 17.6 Å². The van der Waals surface area contributed by atoms with E-state index in [0.717, 1.165) is 28.8 Å². The van der Waals surface area contributed by atoms with Crippen molar-refractivity contribution in [1.82, 2.24) is 15.2 Å². The van der Waals surface area contributed by atoms with E-state index < -0.39 is 21.7 Å². The molecule has 0 spiro atoms. The van der Waals surface area contributed by atoms with Gasteiger partial charge in [-0.1, -0.05) is 47.5 Å². The van der Waals surface area contributed by atoms with Crippen LogP contribution in [0.1, 0.15) is 46.1 Å². The lowest BCUT2D eigenvalue weighted by Crippen LogP contribution is -2.51. The van der Waals surface area contributed by atoms with Crippen LogP contribution in [-0.4, -0.2) is 43.1 Å². The average molecular weight is 628 g/mol. The number of benzene rings is 3. The maximum absolute atomic E-state index is 14.4. The molecule has 1 aromatic heterocycles. The molecule has 42 heavy (non-hydrogen) atoms. The van der Waals surface area contributed by atoms with E-state index >= 15 is 0 Å². The Kier molecular flexibility index (Phi) is 9.13. The minimum absolute atomic E-state index is 0.00639. The largest absolute Gasteiger partial charge is 0.346 e. The smallest absolute Gasteiger partial charge is 0.251 e. The minimum atomic E-state index is -3.83. The fourth-order valence-corrected chi connectivity index (χ4v) is 6.80. The number of hydrogen-bond donors (Lipinski definition) is 2. The number of rotatable bonds is 10. The molecular weight excluding hydrogens is 598 g/mol. The van der Waals surface area contributed by atoms with Gasteiger partial charge < -0.3 is 5.32 Å². The van der Waals surface area contributed by atoms with Gasteiger partial charge in [-0.2, -0.15) is 0 Å². The molecule has 5 rings (SSSR count). The zero-order valence-corrected chi connectivity index (χ0v) is 25.0. The predicted octanol–water partition coefficient (Wildman–Crippen LogP) is 6.48. The van der Waals surface area contributed by atoms with Gasteiger partial charge in [0.2, 0.25) is 10.0 Å². The van der Waals surface area contributed by atoms with Gasteiger partial charge in [0.15, 0.2) is 0 Å². The van der Waals surface area contributed by atoms with Crippen LogP contribution in [0.15, 0.2) is 91.3 Å². The van der Waals surface area contributed by atoms with Gasteiger partial charge in [-0.15, -0.1) is 0 Å². The van der Waals surface area contributed by atoms with Crippen LogP contribution in [0, 0.1) is 11.7 Å². The number of anilines is 1. The molecule has 218 valence electrons. The maximum Gasteiger partial charge on any atom is 0.251 e. The Labute approximate surface area is 254 Å². The normalized spacial score (nSPS) is 14.8. The second-order valence-corrected chi connectivity index (χ2v) is 13.1. The first-order valence-corrected chi connectivity index (χ1v) is 15.7. The van der Waals surface area contributed by atoms with Crippen LogP contribution >= 0.6 is 23.2 Å². The molecule has 4 aromatic rings. The van der Waals surface area contributed by atoms with Crippen molar-refractivity contribution in [3.63, 3.8) is 0 Å². The van der Waals surface area contributed by atoms with Crippen LogP contribution in [0.5, 0.6) is 0 Å². The summed E-state index contributed by atoms with van der Waals surface area (Å²) in [6, 6.07) is 21.7. The topological polar surface area (TPSA) is 91.4 Å². The lowest BCUT2D eigenvalue weighted by molar-refractivity contribution is 0.0813. The second kappa shape index (κ2) is 12.8. The van der Waals surface area contributed by atoms with Crippen molar-refractivity contribution >= 4 is 44.8 Å². The molecule has 1 aliphatic heterocycles. The number of amides is 1. The van der Waals surface area contributed by atoms with Crippen LogP contribution in [-0.2, 0) is 10.0 Å². The molecule has 2 heterocycles. The van der Waals surface area contributed by atoms with Crippen LogP contribution in [0.3, 0.4) is 0 Å². The standard InChI is InChI=1S/C31H29Cl2FN4O3S/c1-20(22-10-12-35-13-11-22)36-31(39)25-14-28(34)16-29(15-25)37-42(40,41)19-21-17-38(18-21)30(23-2-6-26(32)7-3-23)24-4-8-27(33)9-5-24/h2-16,20-21,30,37H,17-19H2,1H3,(H,36,39). The van der Waals surface area contributed by atoms with Crippen molar-refractivity contribution in [3.8, 4) is 0 Å². The van der Waals surface area contributed by atoms with Gasteiger partial charge in [-0.05, 0) is 78.2 Å². The Bertz CT molecular complexity index is 1600. The molecule has 0 radical (unpaired) electrons. The number of pyridine rings is 1. The number of hydrogen-bond acceptors (Lipinski definition) is 5.